The van der Waals surface area contributed by atoms with Gasteiger partial charge in [0.1, 0.15) is 13.3 Å². The summed E-state index contributed by atoms with van der Waals surface area (Å²) in [6, 6.07) is 12.7. The van der Waals surface area contributed by atoms with Gasteiger partial charge in [-0.3, -0.25) is 19.7 Å². The van der Waals surface area contributed by atoms with E-state index in [1.807, 2.05) is 23.1 Å². The van der Waals surface area contributed by atoms with Crippen LogP contribution in [-0.4, -0.2) is 131 Å². The summed E-state index contributed by atoms with van der Waals surface area (Å²) in [5, 5.41) is 3.22. The quantitative estimate of drug-likeness (QED) is 0.101. The topological polar surface area (TPSA) is 138 Å². The molecule has 3 aromatic rings. The van der Waals surface area contributed by atoms with Crippen molar-refractivity contribution >= 4 is 48.5 Å². The number of ether oxygens (including phenoxy) is 7. The summed E-state index contributed by atoms with van der Waals surface area (Å²) in [4.78, 5) is 44.9. The molecule has 55 heavy (non-hydrogen) atoms. The molecule has 0 unspecified atom stereocenters. The van der Waals surface area contributed by atoms with E-state index in [9.17, 15) is 14.4 Å². The number of nitrogens with zero attached hydrogens (tertiary/aromatic N) is 3. The number of nitrogens with one attached hydrogen (secondary N) is 1. The molecule has 3 heterocycles. The molecule has 294 valence electrons. The molecule has 0 saturated carbocycles. The zero-order valence-corrected chi connectivity index (χ0v) is 33.9. The van der Waals surface area contributed by atoms with Crippen molar-refractivity contribution in [1.29, 1.82) is 0 Å². The number of carbonyl (C=O) groups excluding carboxylic acids is 3. The average molecular weight is 871 g/mol. The predicted molar refractivity (Wildman–Crippen MR) is 215 cm³/mol. The maximum absolute atomic E-state index is 13.3. The summed E-state index contributed by atoms with van der Waals surface area (Å²) in [7, 11) is 7.66. The number of amides is 3. The van der Waals surface area contributed by atoms with Crippen molar-refractivity contribution in [2.24, 2.45) is 0 Å². The second-order valence-corrected chi connectivity index (χ2v) is 15.3. The molecule has 6 rings (SSSR count). The Balaban J connectivity index is 0.954. The fourth-order valence-corrected chi connectivity index (χ4v) is 9.40. The molecule has 15 heteroatoms. The van der Waals surface area contributed by atoms with Crippen LogP contribution in [0.15, 0.2) is 48.5 Å². The molecule has 0 radical (unpaired) electrons. The normalized spacial score (nSPS) is 16.5. The van der Waals surface area contributed by atoms with Gasteiger partial charge in [0.25, 0.3) is 11.8 Å². The highest BCUT2D eigenvalue weighted by atomic mass is 127. The minimum atomic E-state index is -0.426. The molecule has 0 aliphatic carbocycles. The number of hydrogen-bond donors (Lipinski definition) is 1. The first-order chi connectivity index (χ1) is 26.8. The van der Waals surface area contributed by atoms with Crippen LogP contribution in [-0.2, 0) is 4.79 Å². The smallest absolute Gasteiger partial charge is 0.255 e. The third-order valence-electron chi connectivity index (χ3n) is 9.63. The van der Waals surface area contributed by atoms with Crippen molar-refractivity contribution in [3.05, 3.63) is 68.8 Å². The molecule has 0 aromatic heterocycles. The largest absolute Gasteiger partial charge is 0.493 e. The third kappa shape index (κ3) is 9.10. The Labute approximate surface area is 330 Å². The molecule has 2 fully saturated rings. The van der Waals surface area contributed by atoms with Crippen molar-refractivity contribution in [3.8, 4) is 40.2 Å². The molecule has 0 spiro atoms. The van der Waals surface area contributed by atoms with E-state index in [2.05, 4.69) is 9.33 Å². The standard InChI is InChI=1S/C40H47IN4O10/c1-49-32-19-26(9-11-37(46)43-14-16-44(17-15-43)39(47)27-20-35(51-3)38(53-5)36(21-27)52-4)8-10-31(32)55-25-42-12-18-54-34-23-30-29(22-33(34)50-2)40(48)45-13-6-7-28(45)24-41-30/h8-11,19-24,28,42H,6-7,12-18,25H2,1-5H3/b11-9+/t28-/m0/s1. The van der Waals surface area contributed by atoms with Gasteiger partial charge in [-0.15, -0.1) is 0 Å². The second kappa shape index (κ2) is 18.5. The molecule has 0 bridgehead atoms. The number of halogens is 1. The Morgan fingerprint density at radius 1 is 0.782 bits per heavy atom. The average Bonchev–Trinajstić information content (AvgIpc) is 3.66. The van der Waals surface area contributed by atoms with Crippen LogP contribution in [0, 0.1) is 3.57 Å². The Morgan fingerprint density at radius 2 is 1.47 bits per heavy atom. The molecule has 1 atom stereocenters. The fraction of sp³-hybridized carbons (Fsp3) is 0.400. The zero-order valence-electron chi connectivity index (χ0n) is 31.7. The SMILES string of the molecule is COc1cc2c(cc1OCCNCOc1ccc(/C=C/C(=O)N3CCN(C(=O)c4cc(OC)c(OC)c(OC)c4)CC3)cc1OC)I=C[C@@H]1CCCN1C2=O. The van der Waals surface area contributed by atoms with Crippen molar-refractivity contribution in [2.45, 2.75) is 18.9 Å². The van der Waals surface area contributed by atoms with Gasteiger partial charge in [-0.2, -0.15) is 0 Å². The van der Waals surface area contributed by atoms with Crippen molar-refractivity contribution in [2.75, 3.05) is 88.2 Å². The van der Waals surface area contributed by atoms with Crippen LogP contribution in [0.3, 0.4) is 0 Å². The van der Waals surface area contributed by atoms with Crippen LogP contribution in [0.2, 0.25) is 0 Å². The van der Waals surface area contributed by atoms with E-state index in [1.54, 1.807) is 54.4 Å². The highest BCUT2D eigenvalue weighted by Crippen LogP contribution is 2.39. The van der Waals surface area contributed by atoms with Crippen molar-refractivity contribution in [3.63, 3.8) is 0 Å². The highest BCUT2D eigenvalue weighted by Gasteiger charge is 2.32. The molecule has 3 aromatic carbocycles. The zero-order chi connectivity index (χ0) is 38.9. The fourth-order valence-electron chi connectivity index (χ4n) is 6.66. The van der Waals surface area contributed by atoms with Gasteiger partial charge in [0.15, 0.2) is 34.5 Å². The van der Waals surface area contributed by atoms with Gasteiger partial charge < -0.3 is 47.9 Å². The number of hydrogen-bond acceptors (Lipinski definition) is 11. The number of piperazine rings is 1. The van der Waals surface area contributed by atoms with E-state index in [0.29, 0.717) is 85.1 Å². The van der Waals surface area contributed by atoms with Crippen molar-refractivity contribution < 1.29 is 47.5 Å². The van der Waals surface area contributed by atoms with Crippen molar-refractivity contribution in [1.82, 2.24) is 20.0 Å². The lowest BCUT2D eigenvalue weighted by Gasteiger charge is -2.34. The van der Waals surface area contributed by atoms with Crippen LogP contribution in [0.4, 0.5) is 0 Å². The number of benzene rings is 3. The number of rotatable bonds is 15. The number of fused-ring (bicyclic) bond motifs is 2. The maximum Gasteiger partial charge on any atom is 0.255 e. The predicted octanol–water partition coefficient (Wildman–Crippen LogP) is 4.29. The molecular weight excluding hydrogens is 823 g/mol. The van der Waals surface area contributed by atoms with E-state index in [1.165, 1.54) is 27.4 Å². The van der Waals surface area contributed by atoms with Gasteiger partial charge in [-0.05, 0) is 64.9 Å². The molecule has 3 aliphatic heterocycles. The first kappa shape index (κ1) is 39.7. The van der Waals surface area contributed by atoms with E-state index in [0.717, 1.165) is 34.1 Å². The monoisotopic (exact) mass is 870 g/mol. The van der Waals surface area contributed by atoms with Gasteiger partial charge in [-0.1, -0.05) is 26.8 Å². The van der Waals surface area contributed by atoms with Crippen LogP contribution in [0.5, 0.6) is 40.2 Å². The van der Waals surface area contributed by atoms with Crippen LogP contribution >= 0.6 is 20.7 Å². The minimum Gasteiger partial charge on any atom is -0.493 e. The Hall–Kier alpha value is -5.03. The lowest BCUT2D eigenvalue weighted by molar-refractivity contribution is -0.127. The summed E-state index contributed by atoms with van der Waals surface area (Å²) in [6.45, 7) is 3.47. The first-order valence-electron chi connectivity index (χ1n) is 18.0. The summed E-state index contributed by atoms with van der Waals surface area (Å²) in [5.74, 6) is 3.21. The van der Waals surface area contributed by atoms with E-state index < -0.39 is 20.7 Å². The third-order valence-corrected chi connectivity index (χ3v) is 12.4. The van der Waals surface area contributed by atoms with Crippen LogP contribution in [0.1, 0.15) is 39.1 Å². The summed E-state index contributed by atoms with van der Waals surface area (Å²) >= 11 is -0.426. The van der Waals surface area contributed by atoms with E-state index in [4.69, 9.17) is 33.2 Å². The molecule has 1 N–H and O–H groups in total. The minimum absolute atomic E-state index is 0.0819. The summed E-state index contributed by atoms with van der Waals surface area (Å²) in [5.41, 5.74) is 1.91. The van der Waals surface area contributed by atoms with Gasteiger partial charge >= 0.3 is 0 Å². The number of carbonyl (C=O) groups is 3. The van der Waals surface area contributed by atoms with Crippen LogP contribution < -0.4 is 38.5 Å². The van der Waals surface area contributed by atoms with Crippen LogP contribution in [0.25, 0.3) is 6.08 Å². The van der Waals surface area contributed by atoms with Gasteiger partial charge in [0.05, 0.1) is 47.2 Å². The number of methoxy groups -OCH3 is 5. The maximum atomic E-state index is 13.3. The van der Waals surface area contributed by atoms with Gasteiger partial charge in [-0.25, -0.2) is 0 Å². The van der Waals surface area contributed by atoms with Gasteiger partial charge in [0, 0.05) is 54.5 Å². The Morgan fingerprint density at radius 3 is 2.16 bits per heavy atom. The Bertz CT molecular complexity index is 1920. The van der Waals surface area contributed by atoms with E-state index in [-0.39, 0.29) is 30.5 Å². The van der Waals surface area contributed by atoms with Gasteiger partial charge in [0.2, 0.25) is 11.7 Å². The molecule has 3 aliphatic rings. The lowest BCUT2D eigenvalue weighted by Crippen LogP contribution is -2.50. The van der Waals surface area contributed by atoms with E-state index >= 15 is 0 Å². The summed E-state index contributed by atoms with van der Waals surface area (Å²) < 4.78 is 42.7. The lowest BCUT2D eigenvalue weighted by atomic mass is 10.1. The Kier molecular flexibility index (Phi) is 13.4. The molecular formula is C40H47IN4O10. The first-order valence-corrected chi connectivity index (χ1v) is 20.3. The summed E-state index contributed by atoms with van der Waals surface area (Å²) in [6.07, 6.45) is 5.34. The molecule has 2 saturated heterocycles. The molecule has 14 nitrogen and oxygen atoms in total. The highest BCUT2D eigenvalue weighted by molar-refractivity contribution is 14.2. The molecule has 3 amide bonds. The second-order valence-electron chi connectivity index (χ2n) is 12.8.